The van der Waals surface area contributed by atoms with E-state index in [0.29, 0.717) is 11.5 Å². The molecule has 2 aromatic heterocycles. The minimum absolute atomic E-state index is 0.00435. The number of fused-ring (bicyclic) bond motifs is 1. The van der Waals surface area contributed by atoms with Gasteiger partial charge in [0.05, 0.1) is 5.69 Å². The van der Waals surface area contributed by atoms with Crippen molar-refractivity contribution in [2.45, 2.75) is 25.4 Å². The number of carboxylic acids is 1. The quantitative estimate of drug-likeness (QED) is 0.210. The van der Waals surface area contributed by atoms with Gasteiger partial charge in [-0.15, -0.1) is 11.3 Å². The van der Waals surface area contributed by atoms with Gasteiger partial charge in [-0.1, -0.05) is 66.7 Å². The number of aromatic nitrogens is 2. The van der Waals surface area contributed by atoms with Gasteiger partial charge in [0.2, 0.25) is 5.95 Å². The van der Waals surface area contributed by atoms with Crippen molar-refractivity contribution >= 4 is 39.2 Å². The number of carboxylic acid groups (broad SMARTS) is 1. The van der Waals surface area contributed by atoms with E-state index in [2.05, 4.69) is 76.1 Å². The first-order chi connectivity index (χ1) is 17.9. The summed E-state index contributed by atoms with van der Waals surface area (Å²) in [7, 11) is 0. The Morgan fingerprint density at radius 1 is 1.00 bits per heavy atom. The molecule has 3 aromatic carbocycles. The van der Waals surface area contributed by atoms with Crippen LogP contribution in [0.5, 0.6) is 0 Å². The summed E-state index contributed by atoms with van der Waals surface area (Å²) < 4.78 is 1.28. The van der Waals surface area contributed by atoms with Gasteiger partial charge in [-0.25, -0.2) is 4.98 Å². The van der Waals surface area contributed by atoms with Crippen molar-refractivity contribution in [3.63, 3.8) is 0 Å². The van der Waals surface area contributed by atoms with Crippen molar-refractivity contribution < 1.29 is 9.90 Å². The number of nitrogens with two attached hydrogens (primary N) is 2. The van der Waals surface area contributed by atoms with Crippen LogP contribution in [0.25, 0.3) is 32.5 Å². The number of thiophene rings is 1. The average Bonchev–Trinajstić information content (AvgIpc) is 3.33. The molecule has 0 radical (unpaired) electrons. The maximum Gasteiger partial charge on any atom is 0.320 e. The van der Waals surface area contributed by atoms with Gasteiger partial charge in [0.15, 0.2) is 0 Å². The van der Waals surface area contributed by atoms with Gasteiger partial charge < -0.3 is 21.9 Å². The summed E-state index contributed by atoms with van der Waals surface area (Å²) in [6, 6.07) is 25.4. The third-order valence-corrected chi connectivity index (χ3v) is 7.30. The predicted molar refractivity (Wildman–Crippen MR) is 150 cm³/mol. The van der Waals surface area contributed by atoms with E-state index in [1.165, 1.54) is 21.2 Å². The molecule has 0 bridgehead atoms. The molecule has 0 saturated carbocycles. The molecule has 2 heterocycles. The molecular weight excluding hydrogens is 482 g/mol. The molecule has 7 nitrogen and oxygen atoms in total. The summed E-state index contributed by atoms with van der Waals surface area (Å²) in [4.78, 5) is 19.8. The molecule has 0 amide bonds. The van der Waals surface area contributed by atoms with Crippen LogP contribution in [0, 0.1) is 0 Å². The number of anilines is 2. The van der Waals surface area contributed by atoms with Crippen LogP contribution in [0.2, 0.25) is 0 Å². The largest absolute Gasteiger partial charge is 0.480 e. The van der Waals surface area contributed by atoms with Crippen LogP contribution in [0.15, 0.2) is 84.2 Å². The molecule has 0 saturated heterocycles. The third kappa shape index (κ3) is 5.45. The zero-order chi connectivity index (χ0) is 25.9. The van der Waals surface area contributed by atoms with Crippen LogP contribution >= 0.6 is 11.3 Å². The summed E-state index contributed by atoms with van der Waals surface area (Å²) in [6.07, 6.45) is 0.257. The van der Waals surface area contributed by atoms with Crippen LogP contribution < -0.4 is 16.8 Å². The summed E-state index contributed by atoms with van der Waals surface area (Å²) >= 11 is 1.76. The Morgan fingerprint density at radius 3 is 2.43 bits per heavy atom. The van der Waals surface area contributed by atoms with Crippen molar-refractivity contribution in [2.75, 3.05) is 11.1 Å². The maximum atomic E-state index is 11.0. The Kier molecular flexibility index (Phi) is 6.85. The number of benzene rings is 3. The van der Waals surface area contributed by atoms with E-state index in [-0.39, 0.29) is 18.4 Å². The molecule has 2 atom stereocenters. The van der Waals surface area contributed by atoms with Gasteiger partial charge in [0, 0.05) is 33.3 Å². The van der Waals surface area contributed by atoms with E-state index in [0.717, 1.165) is 16.7 Å². The second kappa shape index (κ2) is 10.4. The Bertz CT molecular complexity index is 1550. The number of hydrogen-bond donors (Lipinski definition) is 4. The molecule has 0 aliphatic carbocycles. The molecule has 186 valence electrons. The topological polar surface area (TPSA) is 127 Å². The molecule has 0 unspecified atom stereocenters. The highest BCUT2D eigenvalue weighted by molar-refractivity contribution is 7.17. The first-order valence-electron chi connectivity index (χ1n) is 11.9. The second-order valence-electron chi connectivity index (χ2n) is 8.98. The lowest BCUT2D eigenvalue weighted by Crippen LogP contribution is -2.32. The highest BCUT2D eigenvalue weighted by atomic mass is 32.1. The fourth-order valence-electron chi connectivity index (χ4n) is 4.30. The SMILES string of the molecule is C[C@@H](Nc1cc(-c2ccc(C[C@H](N)C(=O)O)cc2)nc(N)n1)c1ccc(-c2csc3ccccc23)cc1. The number of nitrogen functional groups attached to an aromatic ring is 1. The Hall–Kier alpha value is -4.27. The van der Waals surface area contributed by atoms with Crippen molar-refractivity contribution in [1.29, 1.82) is 0 Å². The molecule has 5 aromatic rings. The summed E-state index contributed by atoms with van der Waals surface area (Å²) in [6.45, 7) is 2.08. The van der Waals surface area contributed by atoms with Crippen molar-refractivity contribution in [3.05, 3.63) is 95.4 Å². The predicted octanol–water partition coefficient (Wildman–Crippen LogP) is 5.74. The first-order valence-corrected chi connectivity index (χ1v) is 12.8. The third-order valence-electron chi connectivity index (χ3n) is 6.33. The number of carbonyl (C=O) groups is 1. The van der Waals surface area contributed by atoms with E-state index >= 15 is 0 Å². The number of aliphatic carboxylic acids is 1. The summed E-state index contributed by atoms with van der Waals surface area (Å²) in [5.41, 5.74) is 17.6. The monoisotopic (exact) mass is 509 g/mol. The van der Waals surface area contributed by atoms with Crippen LogP contribution in [-0.4, -0.2) is 27.1 Å². The summed E-state index contributed by atoms with van der Waals surface area (Å²) in [5.74, 6) is -0.226. The average molecular weight is 510 g/mol. The van der Waals surface area contributed by atoms with Crippen LogP contribution in [0.1, 0.15) is 24.1 Å². The van der Waals surface area contributed by atoms with E-state index < -0.39 is 12.0 Å². The van der Waals surface area contributed by atoms with Crippen molar-refractivity contribution in [1.82, 2.24) is 9.97 Å². The first kappa shape index (κ1) is 24.4. The van der Waals surface area contributed by atoms with Crippen molar-refractivity contribution in [3.8, 4) is 22.4 Å². The molecule has 5 rings (SSSR count). The minimum atomic E-state index is -1.02. The second-order valence-corrected chi connectivity index (χ2v) is 9.89. The van der Waals surface area contributed by atoms with Gasteiger partial charge >= 0.3 is 5.97 Å². The van der Waals surface area contributed by atoms with Crippen molar-refractivity contribution in [2.24, 2.45) is 5.73 Å². The van der Waals surface area contributed by atoms with E-state index in [9.17, 15) is 4.79 Å². The highest BCUT2D eigenvalue weighted by Crippen LogP contribution is 2.34. The van der Waals surface area contributed by atoms with Gasteiger partial charge in [-0.3, -0.25) is 4.79 Å². The molecule has 8 heteroatoms. The normalized spacial score (nSPS) is 12.8. The zero-order valence-corrected chi connectivity index (χ0v) is 21.1. The number of rotatable bonds is 8. The smallest absolute Gasteiger partial charge is 0.320 e. The lowest BCUT2D eigenvalue weighted by Gasteiger charge is -2.16. The number of hydrogen-bond acceptors (Lipinski definition) is 7. The Balaban J connectivity index is 1.31. The van der Waals surface area contributed by atoms with E-state index in [4.69, 9.17) is 16.6 Å². The van der Waals surface area contributed by atoms with Gasteiger partial charge in [-0.05, 0) is 41.5 Å². The lowest BCUT2D eigenvalue weighted by molar-refractivity contribution is -0.138. The van der Waals surface area contributed by atoms with E-state index in [1.54, 1.807) is 11.3 Å². The molecule has 37 heavy (non-hydrogen) atoms. The van der Waals surface area contributed by atoms with Crippen LogP contribution in [0.4, 0.5) is 11.8 Å². The molecule has 0 aliphatic heterocycles. The molecular formula is C29H27N5O2S. The summed E-state index contributed by atoms with van der Waals surface area (Å²) in [5, 5.41) is 15.9. The maximum absolute atomic E-state index is 11.0. The fraction of sp³-hybridized carbons (Fsp3) is 0.138. The lowest BCUT2D eigenvalue weighted by atomic mass is 10.0. The molecule has 0 spiro atoms. The Morgan fingerprint density at radius 2 is 1.70 bits per heavy atom. The van der Waals surface area contributed by atoms with Gasteiger partial charge in [-0.2, -0.15) is 4.98 Å². The van der Waals surface area contributed by atoms with E-state index in [1.807, 2.05) is 30.3 Å². The van der Waals surface area contributed by atoms with Crippen LogP contribution in [0.3, 0.4) is 0 Å². The molecule has 0 fully saturated rings. The minimum Gasteiger partial charge on any atom is -0.480 e. The zero-order valence-electron chi connectivity index (χ0n) is 20.3. The van der Waals surface area contributed by atoms with Gasteiger partial charge in [0.1, 0.15) is 11.9 Å². The van der Waals surface area contributed by atoms with Gasteiger partial charge in [0.25, 0.3) is 0 Å². The standard InChI is InChI=1S/C29H27N5O2S/c1-17(19-10-12-20(13-11-19)23-16-37-26-5-3-2-4-22(23)26)32-27-15-25(33-29(31)34-27)21-8-6-18(7-9-21)14-24(30)28(35)36/h2-13,15-17,24H,14,30H2,1H3,(H,35,36)(H3,31,32,33,34)/t17-,24+/m1/s1. The highest BCUT2D eigenvalue weighted by Gasteiger charge is 2.14. The number of nitrogens with one attached hydrogen (secondary N) is 1. The molecule has 6 N–H and O–H groups in total. The molecule has 0 aliphatic rings. The fourth-order valence-corrected chi connectivity index (χ4v) is 5.27. The van der Waals surface area contributed by atoms with Crippen LogP contribution in [-0.2, 0) is 11.2 Å². The number of nitrogens with zero attached hydrogens (tertiary/aromatic N) is 2. The Labute approximate surface area is 218 Å².